The number of amides is 1. The van der Waals surface area contributed by atoms with Crippen LogP contribution in [-0.4, -0.2) is 62.9 Å². The molecule has 0 saturated carbocycles. The Labute approximate surface area is 224 Å². The minimum absolute atomic E-state index is 0.171. The minimum atomic E-state index is -0.426. The van der Waals surface area contributed by atoms with Crippen molar-refractivity contribution in [2.45, 2.75) is 12.6 Å². The molecule has 5 rings (SSSR count). The van der Waals surface area contributed by atoms with Crippen LogP contribution in [-0.2, 0) is 20.8 Å². The van der Waals surface area contributed by atoms with Crippen LogP contribution in [0.1, 0.15) is 5.56 Å². The fourth-order valence-corrected chi connectivity index (χ4v) is 4.53. The van der Waals surface area contributed by atoms with Gasteiger partial charge in [0.15, 0.2) is 11.6 Å². The molecule has 1 aliphatic heterocycles. The first kappa shape index (κ1) is 27.4. The molecule has 0 spiro atoms. The maximum Gasteiger partial charge on any atom is 0.207 e. The van der Waals surface area contributed by atoms with Gasteiger partial charge < -0.3 is 30.2 Å². The zero-order valence-corrected chi connectivity index (χ0v) is 22.0. The maximum atomic E-state index is 14.4. The lowest BCUT2D eigenvalue weighted by Gasteiger charge is -2.24. The van der Waals surface area contributed by atoms with Gasteiger partial charge in [-0.15, -0.1) is 11.3 Å². The van der Waals surface area contributed by atoms with Crippen molar-refractivity contribution in [3.8, 4) is 22.1 Å². The molecular formula is C27H30FN5O4S. The van der Waals surface area contributed by atoms with Crippen molar-refractivity contribution in [2.24, 2.45) is 0 Å². The van der Waals surface area contributed by atoms with E-state index in [-0.39, 0.29) is 11.8 Å². The number of nitrogens with zero attached hydrogens (tertiary/aromatic N) is 2. The highest BCUT2D eigenvalue weighted by Gasteiger charge is 2.16. The van der Waals surface area contributed by atoms with Crippen LogP contribution in [0.4, 0.5) is 10.1 Å². The number of aromatic nitrogens is 2. The monoisotopic (exact) mass is 539 g/mol. The lowest BCUT2D eigenvalue weighted by Crippen LogP contribution is -2.45. The molecule has 200 valence electrons. The number of ether oxygens (including phenoxy) is 3. The van der Waals surface area contributed by atoms with Crippen LogP contribution in [0.5, 0.6) is 11.5 Å². The molecule has 1 aromatic carbocycles. The number of halogens is 1. The summed E-state index contributed by atoms with van der Waals surface area (Å²) in [4.78, 5) is 19.6. The molecule has 3 aromatic heterocycles. The van der Waals surface area contributed by atoms with Gasteiger partial charge in [-0.05, 0) is 29.8 Å². The fourth-order valence-electron chi connectivity index (χ4n) is 3.49. The van der Waals surface area contributed by atoms with Crippen molar-refractivity contribution in [1.29, 1.82) is 0 Å². The topological polar surface area (TPSA) is 107 Å². The summed E-state index contributed by atoms with van der Waals surface area (Å²) in [7, 11) is 3.43. The molecule has 0 unspecified atom stereocenters. The van der Waals surface area contributed by atoms with Gasteiger partial charge in [-0.1, -0.05) is 6.07 Å². The molecule has 1 fully saturated rings. The number of rotatable bonds is 11. The Bertz CT molecular complexity index is 1330. The van der Waals surface area contributed by atoms with Gasteiger partial charge in [0.2, 0.25) is 6.41 Å². The fraction of sp³-hybridized carbons (Fsp3) is 0.296. The number of nitrogens with one attached hydrogen (secondary N) is 3. The summed E-state index contributed by atoms with van der Waals surface area (Å²) in [6, 6.07) is 12.9. The van der Waals surface area contributed by atoms with E-state index in [0.717, 1.165) is 39.4 Å². The van der Waals surface area contributed by atoms with Crippen molar-refractivity contribution in [3.05, 3.63) is 66.2 Å². The van der Waals surface area contributed by atoms with Crippen molar-refractivity contribution >= 4 is 33.7 Å². The number of carbonyl (C=O) groups excluding carboxylic acids is 1. The van der Waals surface area contributed by atoms with Crippen molar-refractivity contribution < 1.29 is 23.4 Å². The molecule has 0 atom stereocenters. The number of thiophene rings is 1. The van der Waals surface area contributed by atoms with Gasteiger partial charge in [-0.25, -0.2) is 4.39 Å². The van der Waals surface area contributed by atoms with E-state index in [1.54, 1.807) is 38.6 Å². The zero-order valence-electron chi connectivity index (χ0n) is 21.2. The van der Waals surface area contributed by atoms with E-state index in [0.29, 0.717) is 37.7 Å². The second-order valence-corrected chi connectivity index (χ2v) is 9.42. The Hall–Kier alpha value is -3.64. The standard InChI is InChI=1S/C23H23FN4O2S.C4H7NO2/c1-25-16-4-6-20(17(24)11-16)30-21-7-8-27-19-12-22(31-23(19)21)18-5-3-15(14-28-18)13-26-9-10-29-2;6-3-5-4-1-7-2-4/h3-8,11-12,14,25-26H,9-10,13H2,1-2H3;3-4H,1-2H2,(H,5,6). The summed E-state index contributed by atoms with van der Waals surface area (Å²) in [6.07, 6.45) is 4.23. The average Bonchev–Trinajstić information content (AvgIpc) is 3.36. The van der Waals surface area contributed by atoms with Gasteiger partial charge in [-0.2, -0.15) is 0 Å². The predicted molar refractivity (Wildman–Crippen MR) is 146 cm³/mol. The lowest BCUT2D eigenvalue weighted by atomic mass is 10.2. The number of fused-ring (bicyclic) bond motifs is 1. The minimum Gasteiger partial charge on any atom is -0.453 e. The number of methoxy groups -OCH3 is 1. The number of benzene rings is 1. The zero-order chi connectivity index (χ0) is 26.7. The van der Waals surface area contributed by atoms with E-state index >= 15 is 0 Å². The van der Waals surface area contributed by atoms with E-state index in [2.05, 4.69) is 32.0 Å². The summed E-state index contributed by atoms with van der Waals surface area (Å²) < 4.78 is 30.9. The van der Waals surface area contributed by atoms with Crippen LogP contribution in [0.15, 0.2) is 54.9 Å². The molecule has 1 saturated heterocycles. The third-order valence-corrected chi connectivity index (χ3v) is 6.81. The molecular weight excluding hydrogens is 509 g/mol. The number of anilines is 1. The number of hydrogen-bond donors (Lipinski definition) is 3. The highest BCUT2D eigenvalue weighted by molar-refractivity contribution is 7.22. The molecule has 3 N–H and O–H groups in total. The smallest absolute Gasteiger partial charge is 0.207 e. The largest absolute Gasteiger partial charge is 0.453 e. The predicted octanol–water partition coefficient (Wildman–Crippen LogP) is 4.20. The number of carbonyl (C=O) groups is 1. The van der Waals surface area contributed by atoms with Gasteiger partial charge in [-0.3, -0.25) is 14.8 Å². The number of pyridine rings is 2. The molecule has 1 aliphatic rings. The van der Waals surface area contributed by atoms with E-state index in [9.17, 15) is 9.18 Å². The van der Waals surface area contributed by atoms with E-state index in [1.165, 1.54) is 17.4 Å². The second-order valence-electron chi connectivity index (χ2n) is 8.37. The maximum absolute atomic E-state index is 14.4. The first-order chi connectivity index (χ1) is 18.6. The van der Waals surface area contributed by atoms with Crippen LogP contribution < -0.4 is 20.7 Å². The first-order valence-corrected chi connectivity index (χ1v) is 12.9. The van der Waals surface area contributed by atoms with Crippen LogP contribution in [0, 0.1) is 5.82 Å². The Morgan fingerprint density at radius 2 is 2.03 bits per heavy atom. The van der Waals surface area contributed by atoms with E-state index in [1.807, 2.05) is 18.3 Å². The molecule has 0 radical (unpaired) electrons. The molecule has 11 heteroatoms. The average molecular weight is 540 g/mol. The van der Waals surface area contributed by atoms with Gasteiger partial charge in [0.1, 0.15) is 5.75 Å². The van der Waals surface area contributed by atoms with Crippen molar-refractivity contribution in [2.75, 3.05) is 45.8 Å². The highest BCUT2D eigenvalue weighted by atomic mass is 32.1. The van der Waals surface area contributed by atoms with Crippen LogP contribution in [0.3, 0.4) is 0 Å². The first-order valence-electron chi connectivity index (χ1n) is 12.1. The van der Waals surface area contributed by atoms with Crippen LogP contribution in [0.2, 0.25) is 0 Å². The third kappa shape index (κ3) is 7.23. The van der Waals surface area contributed by atoms with Crippen molar-refractivity contribution in [3.63, 3.8) is 0 Å². The quantitative estimate of drug-likeness (QED) is 0.192. The normalized spacial score (nSPS) is 12.8. The molecule has 1 amide bonds. The van der Waals surface area contributed by atoms with E-state index < -0.39 is 5.82 Å². The molecule has 4 aromatic rings. The molecule has 0 bridgehead atoms. The Balaban J connectivity index is 0.000000417. The van der Waals surface area contributed by atoms with Gasteiger partial charge in [0.05, 0.1) is 46.7 Å². The Kier molecular flexibility index (Phi) is 9.93. The van der Waals surface area contributed by atoms with Crippen LogP contribution >= 0.6 is 11.3 Å². The van der Waals surface area contributed by atoms with Crippen LogP contribution in [0.25, 0.3) is 20.8 Å². The van der Waals surface area contributed by atoms with Gasteiger partial charge in [0, 0.05) is 57.5 Å². The summed E-state index contributed by atoms with van der Waals surface area (Å²) in [5.41, 5.74) is 3.44. The molecule has 9 nitrogen and oxygen atoms in total. The Morgan fingerprint density at radius 1 is 1.16 bits per heavy atom. The summed E-state index contributed by atoms with van der Waals surface area (Å²) in [5, 5.41) is 8.79. The highest BCUT2D eigenvalue weighted by Crippen LogP contribution is 2.39. The second kappa shape index (κ2) is 13.8. The Morgan fingerprint density at radius 3 is 2.66 bits per heavy atom. The number of hydrogen-bond acceptors (Lipinski definition) is 9. The SMILES string of the molecule is CNc1ccc(Oc2ccnc3cc(-c4ccc(CNCCOC)cn4)sc23)c(F)c1.O=CNC1COC1. The molecule has 4 heterocycles. The summed E-state index contributed by atoms with van der Waals surface area (Å²) >= 11 is 1.52. The third-order valence-electron chi connectivity index (χ3n) is 5.65. The summed E-state index contributed by atoms with van der Waals surface area (Å²) in [5.74, 6) is 0.311. The molecule has 38 heavy (non-hydrogen) atoms. The van der Waals surface area contributed by atoms with Crippen molar-refractivity contribution in [1.82, 2.24) is 20.6 Å². The molecule has 0 aliphatic carbocycles. The summed E-state index contributed by atoms with van der Waals surface area (Å²) in [6.45, 7) is 3.56. The lowest BCUT2D eigenvalue weighted by molar-refractivity contribution is -0.113. The van der Waals surface area contributed by atoms with E-state index in [4.69, 9.17) is 14.2 Å². The van der Waals surface area contributed by atoms with Gasteiger partial charge in [0.25, 0.3) is 0 Å². The van der Waals surface area contributed by atoms with Gasteiger partial charge >= 0.3 is 0 Å².